The largest absolute Gasteiger partial charge is 0.340 e. The molecule has 5 rings (SSSR count). The standard InChI is InChI=1S/C23H20N4/c1-2-3-11-27-21-9-5-4-8-18(21)19-12-17-15-25-23(16-7-6-10-24-14-16)26-20(17)13-22(19)27/h4-10,12-15H,2-3,11H2,1H3. The van der Waals surface area contributed by atoms with Crippen molar-refractivity contribution in [3.05, 3.63) is 67.1 Å². The van der Waals surface area contributed by atoms with Crippen LogP contribution < -0.4 is 0 Å². The highest BCUT2D eigenvalue weighted by atomic mass is 15.0. The van der Waals surface area contributed by atoms with E-state index in [0.29, 0.717) is 5.82 Å². The van der Waals surface area contributed by atoms with Gasteiger partial charge in [0.2, 0.25) is 0 Å². The van der Waals surface area contributed by atoms with Gasteiger partial charge in [0.05, 0.1) is 11.0 Å². The van der Waals surface area contributed by atoms with Gasteiger partial charge in [0, 0.05) is 52.4 Å². The molecule has 0 spiro atoms. The van der Waals surface area contributed by atoms with Crippen molar-refractivity contribution >= 4 is 32.7 Å². The fourth-order valence-corrected chi connectivity index (χ4v) is 3.76. The molecule has 0 aliphatic heterocycles. The summed E-state index contributed by atoms with van der Waals surface area (Å²) >= 11 is 0. The third-order valence-electron chi connectivity index (χ3n) is 5.13. The topological polar surface area (TPSA) is 43.6 Å². The van der Waals surface area contributed by atoms with Gasteiger partial charge in [0.25, 0.3) is 0 Å². The summed E-state index contributed by atoms with van der Waals surface area (Å²) in [5.41, 5.74) is 4.44. The molecule has 3 aromatic heterocycles. The summed E-state index contributed by atoms with van der Waals surface area (Å²) in [6.07, 6.45) is 7.83. The molecule has 0 aliphatic carbocycles. The number of hydrogen-bond donors (Lipinski definition) is 0. The molecule has 5 aromatic rings. The van der Waals surface area contributed by atoms with E-state index in [1.54, 1.807) is 12.4 Å². The number of aryl methyl sites for hydroxylation is 1. The zero-order valence-electron chi connectivity index (χ0n) is 15.3. The first-order valence-electron chi connectivity index (χ1n) is 9.43. The van der Waals surface area contributed by atoms with Crippen molar-refractivity contribution in [1.29, 1.82) is 0 Å². The third kappa shape index (κ3) is 2.65. The van der Waals surface area contributed by atoms with Crippen molar-refractivity contribution in [3.63, 3.8) is 0 Å². The van der Waals surface area contributed by atoms with Gasteiger partial charge in [-0.3, -0.25) is 4.98 Å². The van der Waals surface area contributed by atoms with E-state index < -0.39 is 0 Å². The van der Waals surface area contributed by atoms with Crippen molar-refractivity contribution in [3.8, 4) is 11.4 Å². The number of unbranched alkanes of at least 4 members (excludes halogenated alkanes) is 1. The van der Waals surface area contributed by atoms with Gasteiger partial charge < -0.3 is 4.57 Å². The zero-order valence-corrected chi connectivity index (χ0v) is 15.3. The summed E-state index contributed by atoms with van der Waals surface area (Å²) in [5.74, 6) is 0.714. The van der Waals surface area contributed by atoms with E-state index in [1.807, 2.05) is 18.3 Å². The Morgan fingerprint density at radius 1 is 0.926 bits per heavy atom. The zero-order chi connectivity index (χ0) is 18.2. The second kappa shape index (κ2) is 6.47. The van der Waals surface area contributed by atoms with Gasteiger partial charge in [0.1, 0.15) is 0 Å². The molecule has 0 saturated carbocycles. The average molecular weight is 352 g/mol. The van der Waals surface area contributed by atoms with Crippen LogP contribution in [0.1, 0.15) is 19.8 Å². The van der Waals surface area contributed by atoms with E-state index in [-0.39, 0.29) is 0 Å². The fraction of sp³-hybridized carbons (Fsp3) is 0.174. The van der Waals surface area contributed by atoms with E-state index in [0.717, 1.165) is 29.4 Å². The molecule has 0 saturated heterocycles. The van der Waals surface area contributed by atoms with Crippen LogP contribution in [0.2, 0.25) is 0 Å². The predicted molar refractivity (Wildman–Crippen MR) is 111 cm³/mol. The summed E-state index contributed by atoms with van der Waals surface area (Å²) in [4.78, 5) is 13.6. The van der Waals surface area contributed by atoms with Crippen molar-refractivity contribution < 1.29 is 0 Å². The van der Waals surface area contributed by atoms with Crippen LogP contribution in [0.5, 0.6) is 0 Å². The van der Waals surface area contributed by atoms with Gasteiger partial charge in [-0.05, 0) is 36.8 Å². The molecule has 0 radical (unpaired) electrons. The Morgan fingerprint density at radius 3 is 2.70 bits per heavy atom. The number of hydrogen-bond acceptors (Lipinski definition) is 3. The van der Waals surface area contributed by atoms with E-state index in [4.69, 9.17) is 4.98 Å². The average Bonchev–Trinajstić information content (AvgIpc) is 3.03. The molecule has 0 fully saturated rings. The highest BCUT2D eigenvalue weighted by molar-refractivity contribution is 6.12. The quantitative estimate of drug-likeness (QED) is 0.423. The Bertz CT molecular complexity index is 1260. The Kier molecular flexibility index (Phi) is 3.82. The molecule has 3 heterocycles. The number of fused-ring (bicyclic) bond motifs is 4. The van der Waals surface area contributed by atoms with E-state index >= 15 is 0 Å². The van der Waals surface area contributed by atoms with Gasteiger partial charge in [-0.1, -0.05) is 31.5 Å². The maximum absolute atomic E-state index is 4.82. The lowest BCUT2D eigenvalue weighted by Crippen LogP contribution is -1.97. The van der Waals surface area contributed by atoms with Gasteiger partial charge >= 0.3 is 0 Å². The van der Waals surface area contributed by atoms with Crippen molar-refractivity contribution in [2.75, 3.05) is 0 Å². The first-order valence-corrected chi connectivity index (χ1v) is 9.43. The summed E-state index contributed by atoms with van der Waals surface area (Å²) in [7, 11) is 0. The Labute approximate surface area is 157 Å². The summed E-state index contributed by atoms with van der Waals surface area (Å²) in [6, 6.07) is 17.0. The molecular weight excluding hydrogens is 332 g/mol. The summed E-state index contributed by atoms with van der Waals surface area (Å²) in [5, 5.41) is 3.63. The number of rotatable bonds is 4. The number of pyridine rings is 1. The maximum Gasteiger partial charge on any atom is 0.161 e. The second-order valence-electron chi connectivity index (χ2n) is 6.89. The normalized spacial score (nSPS) is 11.6. The Morgan fingerprint density at radius 2 is 1.85 bits per heavy atom. The van der Waals surface area contributed by atoms with Crippen LogP contribution in [0.4, 0.5) is 0 Å². The smallest absolute Gasteiger partial charge is 0.161 e. The number of para-hydroxylation sites is 1. The van der Waals surface area contributed by atoms with Gasteiger partial charge in [-0.15, -0.1) is 0 Å². The minimum atomic E-state index is 0.714. The highest BCUT2D eigenvalue weighted by Crippen LogP contribution is 2.32. The molecule has 0 bridgehead atoms. The third-order valence-corrected chi connectivity index (χ3v) is 5.13. The lowest BCUT2D eigenvalue weighted by atomic mass is 10.1. The molecule has 0 aliphatic rings. The first-order chi connectivity index (χ1) is 13.3. The molecule has 27 heavy (non-hydrogen) atoms. The van der Waals surface area contributed by atoms with Crippen LogP contribution in [0.25, 0.3) is 44.1 Å². The second-order valence-corrected chi connectivity index (χ2v) is 6.89. The predicted octanol–water partition coefficient (Wildman–Crippen LogP) is 5.60. The lowest BCUT2D eigenvalue weighted by molar-refractivity contribution is 0.665. The van der Waals surface area contributed by atoms with Crippen LogP contribution in [0, 0.1) is 0 Å². The summed E-state index contributed by atoms with van der Waals surface area (Å²) in [6.45, 7) is 3.25. The molecule has 0 unspecified atom stereocenters. The molecule has 132 valence electrons. The SMILES string of the molecule is CCCCn1c2ccccc2c2cc3cnc(-c4cccnc4)nc3cc21. The molecule has 2 aromatic carbocycles. The Hall–Kier alpha value is -3.27. The van der Waals surface area contributed by atoms with Crippen LogP contribution in [0.3, 0.4) is 0 Å². The van der Waals surface area contributed by atoms with Crippen molar-refractivity contribution in [2.45, 2.75) is 26.3 Å². The van der Waals surface area contributed by atoms with Crippen molar-refractivity contribution in [1.82, 2.24) is 19.5 Å². The van der Waals surface area contributed by atoms with Crippen LogP contribution in [0.15, 0.2) is 67.1 Å². The van der Waals surface area contributed by atoms with E-state index in [2.05, 4.69) is 57.9 Å². The molecular formula is C23H20N4. The first kappa shape index (κ1) is 15.9. The number of benzene rings is 2. The fourth-order valence-electron chi connectivity index (χ4n) is 3.76. The maximum atomic E-state index is 4.82. The molecule has 0 amide bonds. The highest BCUT2D eigenvalue weighted by Gasteiger charge is 2.12. The minimum Gasteiger partial charge on any atom is -0.340 e. The summed E-state index contributed by atoms with van der Waals surface area (Å²) < 4.78 is 2.43. The van der Waals surface area contributed by atoms with Crippen LogP contribution in [-0.2, 0) is 6.54 Å². The molecule has 4 nitrogen and oxygen atoms in total. The Balaban J connectivity index is 1.78. The number of nitrogens with zero attached hydrogens (tertiary/aromatic N) is 4. The van der Waals surface area contributed by atoms with Gasteiger partial charge in [-0.2, -0.15) is 0 Å². The minimum absolute atomic E-state index is 0.714. The number of aromatic nitrogens is 4. The molecule has 0 N–H and O–H groups in total. The molecule has 4 heteroatoms. The van der Waals surface area contributed by atoms with Crippen LogP contribution >= 0.6 is 0 Å². The van der Waals surface area contributed by atoms with Crippen molar-refractivity contribution in [2.24, 2.45) is 0 Å². The lowest BCUT2D eigenvalue weighted by Gasteiger charge is -2.07. The van der Waals surface area contributed by atoms with Gasteiger partial charge in [0.15, 0.2) is 5.82 Å². The van der Waals surface area contributed by atoms with E-state index in [1.165, 1.54) is 28.2 Å². The van der Waals surface area contributed by atoms with E-state index in [9.17, 15) is 0 Å². The van der Waals surface area contributed by atoms with Gasteiger partial charge in [-0.25, -0.2) is 9.97 Å². The monoisotopic (exact) mass is 352 g/mol. The van der Waals surface area contributed by atoms with Crippen LogP contribution in [-0.4, -0.2) is 19.5 Å². The molecule has 0 atom stereocenters.